The number of primary amides is 1. The molecular formula is C18H27NO3S. The average Bonchev–Trinajstić information content (AvgIpc) is 2.44. The Morgan fingerprint density at radius 2 is 1.83 bits per heavy atom. The zero-order chi connectivity index (χ0) is 17.0. The van der Waals surface area contributed by atoms with Crippen LogP contribution in [0.1, 0.15) is 55.5 Å². The van der Waals surface area contributed by atoms with Crippen LogP contribution in [-0.4, -0.2) is 20.1 Å². The maximum atomic E-state index is 12.4. The fraction of sp³-hybridized carbons (Fsp3) is 0.611. The lowest BCUT2D eigenvalue weighted by molar-refractivity contribution is 0.1000. The van der Waals surface area contributed by atoms with E-state index < -0.39 is 15.7 Å². The minimum atomic E-state index is -3.16. The molecule has 1 aliphatic rings. The second-order valence-corrected chi connectivity index (χ2v) is 9.41. The summed E-state index contributed by atoms with van der Waals surface area (Å²) in [6, 6.07) is 6.58. The van der Waals surface area contributed by atoms with E-state index >= 15 is 0 Å². The highest BCUT2D eigenvalue weighted by Crippen LogP contribution is 2.34. The van der Waals surface area contributed by atoms with Crippen molar-refractivity contribution in [1.82, 2.24) is 0 Å². The Morgan fingerprint density at radius 3 is 2.43 bits per heavy atom. The van der Waals surface area contributed by atoms with Crippen LogP contribution >= 0.6 is 0 Å². The van der Waals surface area contributed by atoms with E-state index in [2.05, 4.69) is 13.8 Å². The van der Waals surface area contributed by atoms with Gasteiger partial charge in [0.2, 0.25) is 5.91 Å². The molecule has 0 aliphatic heterocycles. The van der Waals surface area contributed by atoms with Gasteiger partial charge in [-0.25, -0.2) is 8.42 Å². The van der Waals surface area contributed by atoms with E-state index in [-0.39, 0.29) is 11.5 Å². The number of amides is 1. The summed E-state index contributed by atoms with van der Waals surface area (Å²) in [5.74, 6) is 1.57. The molecule has 2 unspecified atom stereocenters. The smallest absolute Gasteiger partial charge is 0.248 e. The molecule has 1 aliphatic carbocycles. The molecule has 2 N–H and O–H groups in total. The molecular weight excluding hydrogens is 310 g/mol. The van der Waals surface area contributed by atoms with E-state index in [0.717, 1.165) is 19.3 Å². The van der Waals surface area contributed by atoms with Gasteiger partial charge in [-0.1, -0.05) is 26.0 Å². The van der Waals surface area contributed by atoms with Crippen LogP contribution < -0.4 is 5.73 Å². The summed E-state index contributed by atoms with van der Waals surface area (Å²) in [5.41, 5.74) is 6.23. The topological polar surface area (TPSA) is 77.2 Å². The van der Waals surface area contributed by atoms with Crippen LogP contribution in [0.5, 0.6) is 0 Å². The molecule has 128 valence electrons. The molecule has 0 aromatic heterocycles. The van der Waals surface area contributed by atoms with E-state index in [1.807, 2.05) is 0 Å². The summed E-state index contributed by atoms with van der Waals surface area (Å²) < 4.78 is 24.7. The third-order valence-corrected chi connectivity index (χ3v) is 6.34. The molecule has 5 heteroatoms. The van der Waals surface area contributed by atoms with E-state index in [1.165, 1.54) is 6.42 Å². The number of nitrogens with two attached hydrogens (primary N) is 1. The molecule has 0 heterocycles. The highest BCUT2D eigenvalue weighted by molar-refractivity contribution is 7.90. The van der Waals surface area contributed by atoms with E-state index in [4.69, 9.17) is 5.73 Å². The second-order valence-electron chi connectivity index (χ2n) is 7.23. The summed E-state index contributed by atoms with van der Waals surface area (Å²) in [4.78, 5) is 11.2. The second kappa shape index (κ2) is 7.47. The highest BCUT2D eigenvalue weighted by atomic mass is 32.2. The first kappa shape index (κ1) is 18.0. The molecule has 1 fully saturated rings. The lowest BCUT2D eigenvalue weighted by Gasteiger charge is -2.31. The van der Waals surface area contributed by atoms with Gasteiger partial charge in [0, 0.05) is 5.56 Å². The molecule has 1 amide bonds. The van der Waals surface area contributed by atoms with Gasteiger partial charge in [0.1, 0.15) is 0 Å². The third-order valence-electron chi connectivity index (χ3n) is 4.71. The van der Waals surface area contributed by atoms with E-state index in [9.17, 15) is 13.2 Å². The first-order valence-electron chi connectivity index (χ1n) is 8.34. The highest BCUT2D eigenvalue weighted by Gasteiger charge is 2.25. The largest absolute Gasteiger partial charge is 0.366 e. The van der Waals surface area contributed by atoms with E-state index in [1.54, 1.807) is 24.3 Å². The number of carbonyl (C=O) groups is 1. The van der Waals surface area contributed by atoms with Crippen molar-refractivity contribution in [3.63, 3.8) is 0 Å². The van der Waals surface area contributed by atoms with Crippen molar-refractivity contribution in [2.75, 3.05) is 5.75 Å². The van der Waals surface area contributed by atoms with Crippen molar-refractivity contribution in [2.45, 2.75) is 45.3 Å². The summed E-state index contributed by atoms with van der Waals surface area (Å²) in [7, 11) is -3.16. The number of rotatable bonds is 6. The Bertz CT molecular complexity index is 644. The Kier molecular flexibility index (Phi) is 5.84. The fourth-order valence-corrected chi connectivity index (χ4v) is 5.36. The Balaban J connectivity index is 1.94. The summed E-state index contributed by atoms with van der Waals surface area (Å²) in [6.07, 6.45) is 4.27. The van der Waals surface area contributed by atoms with Crippen molar-refractivity contribution in [3.05, 3.63) is 35.4 Å². The van der Waals surface area contributed by atoms with Gasteiger partial charge in [-0.3, -0.25) is 4.79 Å². The Morgan fingerprint density at radius 1 is 1.17 bits per heavy atom. The van der Waals surface area contributed by atoms with Gasteiger partial charge >= 0.3 is 0 Å². The standard InChI is InChI=1S/C18H27NO3S/c1-13-8-14(2)10-15(9-13)6-7-23(21,22)12-16-4-3-5-17(11-16)18(19)20/h3-5,11,13-15H,6-10,12H2,1-2H3,(H2,19,20). The van der Waals surface area contributed by atoms with Gasteiger partial charge in [0.15, 0.2) is 9.84 Å². The van der Waals surface area contributed by atoms with Gasteiger partial charge in [0.25, 0.3) is 0 Å². The monoisotopic (exact) mass is 337 g/mol. The first-order valence-corrected chi connectivity index (χ1v) is 10.2. The normalized spacial score (nSPS) is 25.2. The van der Waals surface area contributed by atoms with Crippen molar-refractivity contribution in [2.24, 2.45) is 23.5 Å². The van der Waals surface area contributed by atoms with Crippen LogP contribution in [0.2, 0.25) is 0 Å². The number of benzene rings is 1. The number of carbonyl (C=O) groups excluding carboxylic acids is 1. The van der Waals surface area contributed by atoms with Crippen molar-refractivity contribution in [3.8, 4) is 0 Å². The maximum absolute atomic E-state index is 12.4. The zero-order valence-electron chi connectivity index (χ0n) is 14.0. The number of sulfone groups is 1. The first-order chi connectivity index (χ1) is 10.7. The predicted molar refractivity (Wildman–Crippen MR) is 92.7 cm³/mol. The molecule has 4 nitrogen and oxygen atoms in total. The number of hydrogen-bond donors (Lipinski definition) is 1. The molecule has 1 aromatic carbocycles. The number of hydrogen-bond acceptors (Lipinski definition) is 3. The van der Waals surface area contributed by atoms with Crippen LogP contribution in [0.3, 0.4) is 0 Å². The minimum Gasteiger partial charge on any atom is -0.366 e. The molecule has 2 rings (SSSR count). The van der Waals surface area contributed by atoms with Gasteiger partial charge in [0.05, 0.1) is 11.5 Å². The fourth-order valence-electron chi connectivity index (χ4n) is 3.84. The maximum Gasteiger partial charge on any atom is 0.248 e. The van der Waals surface area contributed by atoms with Crippen LogP contribution in [0.25, 0.3) is 0 Å². The average molecular weight is 337 g/mol. The summed E-state index contributed by atoms with van der Waals surface area (Å²) >= 11 is 0. The van der Waals surface area contributed by atoms with Crippen molar-refractivity contribution in [1.29, 1.82) is 0 Å². The van der Waals surface area contributed by atoms with Gasteiger partial charge in [-0.2, -0.15) is 0 Å². The van der Waals surface area contributed by atoms with Gasteiger partial charge in [-0.15, -0.1) is 0 Å². The molecule has 0 radical (unpaired) electrons. The zero-order valence-corrected chi connectivity index (χ0v) is 14.8. The summed E-state index contributed by atoms with van der Waals surface area (Å²) in [6.45, 7) is 4.51. The van der Waals surface area contributed by atoms with Gasteiger partial charge < -0.3 is 5.73 Å². The van der Waals surface area contributed by atoms with Crippen molar-refractivity contribution < 1.29 is 13.2 Å². The van der Waals surface area contributed by atoms with Crippen LogP contribution in [-0.2, 0) is 15.6 Å². The lowest BCUT2D eigenvalue weighted by Crippen LogP contribution is -2.22. The molecule has 23 heavy (non-hydrogen) atoms. The Hall–Kier alpha value is -1.36. The Labute approximate surface area is 139 Å². The quantitative estimate of drug-likeness (QED) is 0.866. The molecule has 1 saturated carbocycles. The van der Waals surface area contributed by atoms with Crippen LogP contribution in [0, 0.1) is 17.8 Å². The van der Waals surface area contributed by atoms with E-state index in [0.29, 0.717) is 28.9 Å². The van der Waals surface area contributed by atoms with Crippen LogP contribution in [0.15, 0.2) is 24.3 Å². The molecule has 1 aromatic rings. The molecule has 2 atom stereocenters. The molecule has 0 saturated heterocycles. The molecule has 0 spiro atoms. The lowest BCUT2D eigenvalue weighted by atomic mass is 9.76. The van der Waals surface area contributed by atoms with Crippen molar-refractivity contribution >= 4 is 15.7 Å². The minimum absolute atomic E-state index is 0.0219. The predicted octanol–water partition coefficient (Wildman–Crippen LogP) is 3.16. The van der Waals surface area contributed by atoms with Gasteiger partial charge in [-0.05, 0) is 61.1 Å². The molecule has 0 bridgehead atoms. The third kappa shape index (κ3) is 5.65. The SMILES string of the molecule is CC1CC(C)CC(CCS(=O)(=O)Cc2cccc(C(N)=O)c2)C1. The van der Waals surface area contributed by atoms with Crippen LogP contribution in [0.4, 0.5) is 0 Å². The summed E-state index contributed by atoms with van der Waals surface area (Å²) in [5, 5.41) is 0.